The van der Waals surface area contributed by atoms with E-state index in [9.17, 15) is 13.2 Å². The lowest BCUT2D eigenvalue weighted by Crippen LogP contribution is -2.48. The van der Waals surface area contributed by atoms with Crippen molar-refractivity contribution in [1.29, 1.82) is 0 Å². The van der Waals surface area contributed by atoms with Crippen LogP contribution in [0, 0.1) is 0 Å². The van der Waals surface area contributed by atoms with E-state index in [0.29, 0.717) is 6.54 Å². The quantitative estimate of drug-likeness (QED) is 0.695. The Morgan fingerprint density at radius 2 is 1.68 bits per heavy atom. The molecule has 0 heterocycles. The number of rotatable bonds is 7. The first kappa shape index (κ1) is 19.1. The molecule has 0 bridgehead atoms. The fourth-order valence-corrected chi connectivity index (χ4v) is 3.38. The number of hydrogen-bond donors (Lipinski definition) is 3. The van der Waals surface area contributed by atoms with Crippen LogP contribution in [0.4, 0.5) is 0 Å². The van der Waals surface area contributed by atoms with E-state index < -0.39 is 15.6 Å². The van der Waals surface area contributed by atoms with Crippen LogP contribution in [0.2, 0.25) is 0 Å². The Labute approximate surface area is 148 Å². The summed E-state index contributed by atoms with van der Waals surface area (Å²) in [4.78, 5) is 12.6. The van der Waals surface area contributed by atoms with Crippen LogP contribution in [0.15, 0.2) is 59.5 Å². The van der Waals surface area contributed by atoms with Gasteiger partial charge in [-0.25, -0.2) is 13.1 Å². The van der Waals surface area contributed by atoms with Crippen LogP contribution < -0.4 is 15.8 Å². The Morgan fingerprint density at radius 3 is 2.24 bits per heavy atom. The van der Waals surface area contributed by atoms with Crippen LogP contribution >= 0.6 is 0 Å². The third kappa shape index (κ3) is 4.66. The van der Waals surface area contributed by atoms with Gasteiger partial charge in [-0.3, -0.25) is 4.79 Å². The van der Waals surface area contributed by atoms with Crippen LogP contribution in [0.25, 0.3) is 0 Å². The molecule has 7 heteroatoms. The summed E-state index contributed by atoms with van der Waals surface area (Å²) < 4.78 is 26.2. The van der Waals surface area contributed by atoms with Gasteiger partial charge in [0.15, 0.2) is 0 Å². The number of amides is 1. The summed E-state index contributed by atoms with van der Waals surface area (Å²) in [6, 6.07) is 15.5. The van der Waals surface area contributed by atoms with Crippen LogP contribution in [0.5, 0.6) is 0 Å². The molecular weight excluding hydrogens is 338 g/mol. The largest absolute Gasteiger partial charge is 0.350 e. The Hall–Kier alpha value is -2.22. The zero-order valence-corrected chi connectivity index (χ0v) is 15.1. The number of carbonyl (C=O) groups excluding carboxylic acids is 1. The van der Waals surface area contributed by atoms with E-state index in [1.54, 1.807) is 38.1 Å². The van der Waals surface area contributed by atoms with E-state index in [-0.39, 0.29) is 17.3 Å². The van der Waals surface area contributed by atoms with E-state index in [1.807, 2.05) is 18.2 Å². The third-order valence-corrected chi connectivity index (χ3v) is 5.43. The number of benzene rings is 2. The zero-order valence-electron chi connectivity index (χ0n) is 14.3. The summed E-state index contributed by atoms with van der Waals surface area (Å²) in [5.41, 5.74) is 6.52. The third-order valence-electron chi connectivity index (χ3n) is 3.87. The molecule has 134 valence electrons. The van der Waals surface area contributed by atoms with E-state index in [0.717, 1.165) is 11.1 Å². The maximum absolute atomic E-state index is 12.4. The molecule has 2 aromatic rings. The average molecular weight is 361 g/mol. The predicted molar refractivity (Wildman–Crippen MR) is 97.1 cm³/mol. The highest BCUT2D eigenvalue weighted by atomic mass is 32.2. The van der Waals surface area contributed by atoms with Gasteiger partial charge in [-0.2, -0.15) is 0 Å². The van der Waals surface area contributed by atoms with Crippen molar-refractivity contribution in [3.63, 3.8) is 0 Å². The highest BCUT2D eigenvalue weighted by Gasteiger charge is 2.29. The number of sulfonamides is 1. The molecule has 6 nitrogen and oxygen atoms in total. The summed E-state index contributed by atoms with van der Waals surface area (Å²) in [6.45, 7) is 3.97. The smallest absolute Gasteiger partial charge is 0.244 e. The fraction of sp³-hybridized carbons (Fsp3) is 0.278. The average Bonchev–Trinajstić information content (AvgIpc) is 2.60. The topological polar surface area (TPSA) is 101 Å². The minimum atomic E-state index is -3.47. The molecule has 0 aliphatic carbocycles. The van der Waals surface area contributed by atoms with E-state index >= 15 is 0 Å². The summed E-state index contributed by atoms with van der Waals surface area (Å²) in [5, 5.41) is 2.79. The van der Waals surface area contributed by atoms with Crippen molar-refractivity contribution in [2.75, 3.05) is 6.54 Å². The molecule has 0 saturated carbocycles. The SMILES string of the molecule is CCNS(=O)(=O)c1ccc(CNC(=O)C(C)(N)c2ccccc2)cc1. The number of carbonyl (C=O) groups is 1. The highest BCUT2D eigenvalue weighted by Crippen LogP contribution is 2.18. The molecule has 0 radical (unpaired) electrons. The van der Waals surface area contributed by atoms with Crippen LogP contribution in [0.1, 0.15) is 25.0 Å². The first-order valence-electron chi connectivity index (χ1n) is 7.98. The molecule has 2 aromatic carbocycles. The van der Waals surface area contributed by atoms with Crippen molar-refractivity contribution in [3.8, 4) is 0 Å². The molecule has 0 saturated heterocycles. The Balaban J connectivity index is 2.03. The summed E-state index contributed by atoms with van der Waals surface area (Å²) >= 11 is 0. The lowest BCUT2D eigenvalue weighted by atomic mass is 9.92. The van der Waals surface area contributed by atoms with Gasteiger partial charge in [-0.1, -0.05) is 49.4 Å². The summed E-state index contributed by atoms with van der Waals surface area (Å²) in [7, 11) is -3.47. The van der Waals surface area contributed by atoms with Crippen molar-refractivity contribution in [2.45, 2.75) is 30.8 Å². The molecule has 0 spiro atoms. The number of hydrogen-bond acceptors (Lipinski definition) is 4. The van der Waals surface area contributed by atoms with Crippen LogP contribution in [0.3, 0.4) is 0 Å². The monoisotopic (exact) mass is 361 g/mol. The first-order chi connectivity index (χ1) is 11.8. The van der Waals surface area contributed by atoms with Crippen molar-refractivity contribution < 1.29 is 13.2 Å². The second-order valence-corrected chi connectivity index (χ2v) is 7.66. The van der Waals surface area contributed by atoms with Gasteiger partial charge < -0.3 is 11.1 Å². The fourth-order valence-electron chi connectivity index (χ4n) is 2.34. The van der Waals surface area contributed by atoms with Crippen molar-refractivity contribution in [2.24, 2.45) is 5.73 Å². The minimum Gasteiger partial charge on any atom is -0.350 e. The summed E-state index contributed by atoms with van der Waals surface area (Å²) in [6.07, 6.45) is 0. The van der Waals surface area contributed by atoms with Crippen LogP contribution in [-0.2, 0) is 26.9 Å². The van der Waals surface area contributed by atoms with Gasteiger partial charge in [0.05, 0.1) is 4.90 Å². The molecule has 4 N–H and O–H groups in total. The standard InChI is InChI=1S/C18H23N3O3S/c1-3-21-25(23,24)16-11-9-14(10-12-16)13-20-17(22)18(2,19)15-7-5-4-6-8-15/h4-12,21H,3,13,19H2,1-2H3,(H,20,22). The van der Waals surface area contributed by atoms with Gasteiger partial charge in [-0.15, -0.1) is 0 Å². The maximum atomic E-state index is 12.4. The minimum absolute atomic E-state index is 0.192. The molecule has 1 unspecified atom stereocenters. The van der Waals surface area contributed by atoms with Gasteiger partial charge in [0, 0.05) is 13.1 Å². The highest BCUT2D eigenvalue weighted by molar-refractivity contribution is 7.89. The molecule has 2 rings (SSSR count). The molecule has 1 amide bonds. The van der Waals surface area contributed by atoms with E-state index in [2.05, 4.69) is 10.0 Å². The van der Waals surface area contributed by atoms with Crippen LogP contribution in [-0.4, -0.2) is 20.9 Å². The molecule has 0 fully saturated rings. The molecule has 0 aliphatic rings. The first-order valence-corrected chi connectivity index (χ1v) is 9.47. The second kappa shape index (κ2) is 7.77. The maximum Gasteiger partial charge on any atom is 0.244 e. The second-order valence-electron chi connectivity index (χ2n) is 5.90. The number of nitrogens with two attached hydrogens (primary N) is 1. The van der Waals surface area contributed by atoms with Crippen molar-refractivity contribution in [3.05, 3.63) is 65.7 Å². The van der Waals surface area contributed by atoms with Gasteiger partial charge in [0.25, 0.3) is 0 Å². The number of nitrogens with one attached hydrogen (secondary N) is 2. The van der Waals surface area contributed by atoms with E-state index in [4.69, 9.17) is 5.73 Å². The molecule has 1 atom stereocenters. The molecule has 0 aliphatic heterocycles. The Bertz CT molecular complexity index is 816. The normalized spacial score (nSPS) is 13.9. The Kier molecular flexibility index (Phi) is 5.94. The molecule has 0 aromatic heterocycles. The van der Waals surface area contributed by atoms with Crippen molar-refractivity contribution in [1.82, 2.24) is 10.0 Å². The molecular formula is C18H23N3O3S. The predicted octanol–water partition coefficient (Wildman–Crippen LogP) is 1.48. The Morgan fingerprint density at radius 1 is 1.08 bits per heavy atom. The van der Waals surface area contributed by atoms with Crippen molar-refractivity contribution >= 4 is 15.9 Å². The zero-order chi connectivity index (χ0) is 18.5. The van der Waals surface area contributed by atoms with Gasteiger partial charge >= 0.3 is 0 Å². The van der Waals surface area contributed by atoms with Gasteiger partial charge in [0.2, 0.25) is 15.9 Å². The molecule has 25 heavy (non-hydrogen) atoms. The van der Waals surface area contributed by atoms with Gasteiger partial charge in [0.1, 0.15) is 5.54 Å². The lowest BCUT2D eigenvalue weighted by molar-refractivity contribution is -0.126. The summed E-state index contributed by atoms with van der Waals surface area (Å²) in [5.74, 6) is -0.303. The van der Waals surface area contributed by atoms with Gasteiger partial charge in [-0.05, 0) is 30.2 Å². The lowest BCUT2D eigenvalue weighted by Gasteiger charge is -2.24. The van der Waals surface area contributed by atoms with E-state index in [1.165, 1.54) is 12.1 Å².